The van der Waals surface area contributed by atoms with E-state index in [-0.39, 0.29) is 28.5 Å². The van der Waals surface area contributed by atoms with Gasteiger partial charge in [-0.1, -0.05) is 0 Å². The maximum Gasteiger partial charge on any atom is 2.00 e. The van der Waals surface area contributed by atoms with Gasteiger partial charge in [-0.15, -0.1) is 0 Å². The molecular weight excluding hydrogens is 278 g/mol. The average molecular weight is 287 g/mol. The first kappa shape index (κ1) is 15.7. The Morgan fingerprint density at radius 3 is 2.12 bits per heavy atom. The minimum Gasteiger partial charge on any atom is -0.502 e. The Morgan fingerprint density at radius 1 is 1.75 bits per heavy atom. The van der Waals surface area contributed by atoms with Gasteiger partial charge in [0, 0.05) is 0 Å². The molecule has 3 nitrogen and oxygen atoms in total. The summed E-state index contributed by atoms with van der Waals surface area (Å²) >= 11 is 0. The van der Waals surface area contributed by atoms with Crippen molar-refractivity contribution in [2.45, 2.75) is 0 Å². The Hall–Kier alpha value is -0.0117. The molecule has 0 rings (SSSR count). The molecule has 4 heteroatoms. The fourth-order valence-corrected chi connectivity index (χ4v) is 0.123. The van der Waals surface area contributed by atoms with Crippen LogP contribution >= 0.6 is 0 Å². The van der Waals surface area contributed by atoms with Gasteiger partial charge in [-0.05, 0) is 7.05 Å². The molecule has 2 N–H and O–H groups in total. The number of carboxylic acid groups (broad SMARTS) is 1. The molecule has 0 fully saturated rings. The standard InChI is InChI=1S/C3H6NO2.CH3.W/c1-4-2-3(5)6;;/h2,4H,1H3,(H,5,6);1H3;/q2*-1;+2. The molecule has 0 bridgehead atoms. The minimum atomic E-state index is -0.947. The smallest absolute Gasteiger partial charge is 0.502 e. The van der Waals surface area contributed by atoms with Crippen molar-refractivity contribution >= 4 is 5.97 Å². The van der Waals surface area contributed by atoms with Crippen molar-refractivity contribution in [1.29, 1.82) is 0 Å². The largest absolute Gasteiger partial charge is 2.00 e. The molecule has 0 aromatic heterocycles. The second kappa shape index (κ2) is 10.1. The zero-order valence-corrected chi connectivity index (χ0v) is 7.77. The van der Waals surface area contributed by atoms with E-state index in [2.05, 4.69) is 5.32 Å². The maximum atomic E-state index is 9.48. The van der Waals surface area contributed by atoms with Crippen LogP contribution in [0.4, 0.5) is 0 Å². The summed E-state index contributed by atoms with van der Waals surface area (Å²) in [5.41, 5.74) is 0. The summed E-state index contributed by atoms with van der Waals surface area (Å²) < 4.78 is 0. The molecule has 0 aromatic rings. The molecule has 0 saturated heterocycles. The average Bonchev–Trinajstić information content (AvgIpc) is 1.35. The number of carboxylic acids is 1. The zero-order chi connectivity index (χ0) is 4.99. The summed E-state index contributed by atoms with van der Waals surface area (Å²) in [5, 5.41) is 10.1. The Balaban J connectivity index is -0.000000125. The number of carbonyl (C=O) groups is 1. The van der Waals surface area contributed by atoms with Gasteiger partial charge >= 0.3 is 21.1 Å². The molecule has 0 spiro atoms. The summed E-state index contributed by atoms with van der Waals surface area (Å²) in [7, 11) is 1.54. The number of hydrogen-bond donors (Lipinski definition) is 2. The van der Waals surface area contributed by atoms with Crippen molar-refractivity contribution in [3.63, 3.8) is 0 Å². The van der Waals surface area contributed by atoms with Crippen LogP contribution in [0.25, 0.3) is 0 Å². The van der Waals surface area contributed by atoms with Gasteiger partial charge < -0.3 is 17.8 Å². The molecule has 0 amide bonds. The van der Waals surface area contributed by atoms with Crippen molar-refractivity contribution in [2.75, 3.05) is 7.05 Å². The molecule has 0 saturated carbocycles. The van der Waals surface area contributed by atoms with Crippen molar-refractivity contribution < 1.29 is 31.0 Å². The predicted octanol–water partition coefficient (Wildman–Crippen LogP) is -0.100. The first-order valence-electron chi connectivity index (χ1n) is 1.51. The first-order valence-corrected chi connectivity index (χ1v) is 1.51. The molecule has 0 aliphatic heterocycles. The van der Waals surface area contributed by atoms with Crippen LogP contribution in [0.5, 0.6) is 0 Å². The van der Waals surface area contributed by atoms with Crippen LogP contribution in [0, 0.1) is 14.0 Å². The van der Waals surface area contributed by atoms with Crippen molar-refractivity contribution in [3.8, 4) is 0 Å². The molecule has 0 radical (unpaired) electrons. The van der Waals surface area contributed by atoms with Gasteiger partial charge in [0.1, 0.15) is 0 Å². The topological polar surface area (TPSA) is 49.3 Å². The summed E-state index contributed by atoms with van der Waals surface area (Å²) in [6.45, 7) is 0.958. The van der Waals surface area contributed by atoms with Gasteiger partial charge in [-0.2, -0.15) is 0 Å². The predicted molar refractivity (Wildman–Crippen MR) is 27.4 cm³/mol. The van der Waals surface area contributed by atoms with Crippen LogP contribution in [0.3, 0.4) is 0 Å². The fourth-order valence-electron chi connectivity index (χ4n) is 0.123. The third kappa shape index (κ3) is 16.7. The summed E-state index contributed by atoms with van der Waals surface area (Å²) in [4.78, 5) is 9.48. The van der Waals surface area contributed by atoms with E-state index < -0.39 is 5.97 Å². The van der Waals surface area contributed by atoms with Gasteiger partial charge in [-0.25, -0.2) is 6.54 Å². The Morgan fingerprint density at radius 2 is 2.12 bits per heavy atom. The van der Waals surface area contributed by atoms with Crippen LogP contribution in [0.15, 0.2) is 0 Å². The molecular formula is C4H9NO2W. The summed E-state index contributed by atoms with van der Waals surface area (Å²) in [6.07, 6.45) is 0. The third-order valence-corrected chi connectivity index (χ3v) is 0.268. The van der Waals surface area contributed by atoms with Crippen LogP contribution < -0.4 is 5.32 Å². The SMILES string of the molecule is CN[CH-]C(=O)O.[CH3-].[W+2]. The van der Waals surface area contributed by atoms with E-state index in [1.807, 2.05) is 0 Å². The normalized spacial score (nSPS) is 5.62. The van der Waals surface area contributed by atoms with E-state index in [0.29, 0.717) is 0 Å². The zero-order valence-electron chi connectivity index (χ0n) is 4.84. The molecule has 0 aliphatic carbocycles. The van der Waals surface area contributed by atoms with Crippen molar-refractivity contribution in [3.05, 3.63) is 14.0 Å². The van der Waals surface area contributed by atoms with E-state index >= 15 is 0 Å². The second-order valence-corrected chi connectivity index (χ2v) is 0.771. The molecule has 0 unspecified atom stereocenters. The Bertz CT molecular complexity index is 58.0. The van der Waals surface area contributed by atoms with Crippen LogP contribution in [0.2, 0.25) is 0 Å². The van der Waals surface area contributed by atoms with Gasteiger partial charge in [0.2, 0.25) is 0 Å². The van der Waals surface area contributed by atoms with E-state index in [9.17, 15) is 4.79 Å². The maximum absolute atomic E-state index is 9.48. The molecule has 0 atom stereocenters. The van der Waals surface area contributed by atoms with E-state index in [1.165, 1.54) is 7.05 Å². The number of nitrogens with one attached hydrogen (secondary N) is 1. The van der Waals surface area contributed by atoms with Crippen molar-refractivity contribution in [2.24, 2.45) is 0 Å². The van der Waals surface area contributed by atoms with Gasteiger partial charge in [0.05, 0.1) is 0 Å². The Labute approximate surface area is 63.7 Å². The fraction of sp³-hybridized carbons (Fsp3) is 0.250. The van der Waals surface area contributed by atoms with Crippen molar-refractivity contribution in [1.82, 2.24) is 5.32 Å². The van der Waals surface area contributed by atoms with Gasteiger partial charge in [0.25, 0.3) is 0 Å². The van der Waals surface area contributed by atoms with Gasteiger partial charge in [-0.3, -0.25) is 4.79 Å². The monoisotopic (exact) mass is 287 g/mol. The second-order valence-electron chi connectivity index (χ2n) is 0.771. The van der Waals surface area contributed by atoms with E-state index in [0.717, 1.165) is 6.54 Å². The third-order valence-electron chi connectivity index (χ3n) is 0.268. The molecule has 48 valence electrons. The number of likely N-dealkylation sites (N-methyl/N-ethyl adjacent to an activating group) is 1. The van der Waals surface area contributed by atoms with Gasteiger partial charge in [0.15, 0.2) is 5.97 Å². The number of rotatable bonds is 2. The minimum absolute atomic E-state index is 0. The number of hydrogen-bond acceptors (Lipinski definition) is 2. The van der Waals surface area contributed by atoms with E-state index in [1.54, 1.807) is 0 Å². The van der Waals surface area contributed by atoms with E-state index in [4.69, 9.17) is 5.11 Å². The molecule has 0 heterocycles. The van der Waals surface area contributed by atoms with Crippen LogP contribution in [-0.4, -0.2) is 18.1 Å². The summed E-state index contributed by atoms with van der Waals surface area (Å²) in [6, 6.07) is 0. The first-order chi connectivity index (χ1) is 2.77. The number of aliphatic carboxylic acids is 1. The van der Waals surface area contributed by atoms with Crippen LogP contribution in [-0.2, 0) is 25.9 Å². The van der Waals surface area contributed by atoms with Crippen LogP contribution in [0.1, 0.15) is 0 Å². The molecule has 0 aromatic carbocycles. The molecule has 8 heavy (non-hydrogen) atoms. The Kier molecular flexibility index (Phi) is 19.7. The quantitative estimate of drug-likeness (QED) is 0.697. The summed E-state index contributed by atoms with van der Waals surface area (Å²) in [5.74, 6) is -0.947. The molecule has 0 aliphatic rings.